The van der Waals surface area contributed by atoms with E-state index in [1.807, 2.05) is 0 Å². The van der Waals surface area contributed by atoms with Crippen LogP contribution in [0.4, 0.5) is 0 Å². The molecule has 0 bridgehead atoms. The third kappa shape index (κ3) is 3.23. The van der Waals surface area contributed by atoms with E-state index < -0.39 is 0 Å². The average Bonchev–Trinajstić information content (AvgIpc) is 3.06. The maximum absolute atomic E-state index is 9.88. The van der Waals surface area contributed by atoms with Gasteiger partial charge in [0, 0.05) is 22.6 Å². The van der Waals surface area contributed by atoms with E-state index in [1.165, 1.54) is 12.8 Å². The summed E-state index contributed by atoms with van der Waals surface area (Å²) in [5.41, 5.74) is 0.779. The molecule has 1 saturated carbocycles. The molecule has 0 unspecified atom stereocenters. The molecule has 4 heteroatoms. The monoisotopic (exact) mass is 297 g/mol. The molecule has 0 saturated heterocycles. The normalized spacial score (nSPS) is 17.9. The van der Waals surface area contributed by atoms with Gasteiger partial charge in [-0.05, 0) is 18.8 Å². The molecule has 0 aliphatic heterocycles. The Morgan fingerprint density at radius 1 is 1.20 bits per heavy atom. The Morgan fingerprint density at radius 3 is 2.25 bits per heavy atom. The van der Waals surface area contributed by atoms with Crippen LogP contribution in [0.2, 0.25) is 0 Å². The lowest BCUT2D eigenvalue weighted by atomic mass is 9.73. The second-order valence-corrected chi connectivity index (χ2v) is 8.16. The number of aliphatic hydroxyl groups excluding tert-OH is 2. The van der Waals surface area contributed by atoms with Gasteiger partial charge in [-0.15, -0.1) is 11.3 Å². The van der Waals surface area contributed by atoms with Crippen LogP contribution in [0.3, 0.4) is 0 Å². The zero-order valence-corrected chi connectivity index (χ0v) is 13.7. The van der Waals surface area contributed by atoms with E-state index in [0.29, 0.717) is 12.3 Å². The van der Waals surface area contributed by atoms with Gasteiger partial charge in [0.25, 0.3) is 0 Å². The average molecular weight is 297 g/mol. The number of thiazole rings is 1. The highest BCUT2D eigenvalue weighted by atomic mass is 32.1. The minimum atomic E-state index is -0.385. The Kier molecular flexibility index (Phi) is 4.88. The van der Waals surface area contributed by atoms with Crippen LogP contribution in [0, 0.1) is 11.3 Å². The molecule has 2 N–H and O–H groups in total. The standard InChI is InChI=1S/C16H27NO2S/c1-15(2,3)13-9-20-14(17-13)8-16(10-18,11-19)12-6-4-5-7-12/h9,12,18-19H,4-8,10-11H2,1-3H3. The molecule has 0 spiro atoms. The van der Waals surface area contributed by atoms with Crippen LogP contribution in [0.15, 0.2) is 5.38 Å². The van der Waals surface area contributed by atoms with Crippen molar-refractivity contribution in [3.05, 3.63) is 16.1 Å². The van der Waals surface area contributed by atoms with Gasteiger partial charge >= 0.3 is 0 Å². The van der Waals surface area contributed by atoms with Crippen molar-refractivity contribution in [2.45, 2.75) is 58.3 Å². The van der Waals surface area contributed by atoms with Crippen LogP contribution in [0.25, 0.3) is 0 Å². The molecule has 20 heavy (non-hydrogen) atoms. The van der Waals surface area contributed by atoms with Crippen LogP contribution in [-0.4, -0.2) is 28.4 Å². The van der Waals surface area contributed by atoms with Crippen molar-refractivity contribution in [3.63, 3.8) is 0 Å². The Balaban J connectivity index is 2.17. The van der Waals surface area contributed by atoms with E-state index >= 15 is 0 Å². The molecule has 0 radical (unpaired) electrons. The van der Waals surface area contributed by atoms with Crippen LogP contribution in [-0.2, 0) is 11.8 Å². The Morgan fingerprint density at radius 2 is 1.80 bits per heavy atom. The van der Waals surface area contributed by atoms with E-state index in [1.54, 1.807) is 11.3 Å². The Bertz CT molecular complexity index is 426. The summed E-state index contributed by atoms with van der Waals surface area (Å²) in [4.78, 5) is 4.73. The van der Waals surface area contributed by atoms with Gasteiger partial charge in [-0.3, -0.25) is 0 Å². The molecule has 0 atom stereocenters. The summed E-state index contributed by atoms with van der Waals surface area (Å²) in [6.07, 6.45) is 5.39. The Labute approximate surface area is 126 Å². The van der Waals surface area contributed by atoms with Gasteiger partial charge in [-0.2, -0.15) is 0 Å². The number of nitrogens with zero attached hydrogens (tertiary/aromatic N) is 1. The summed E-state index contributed by atoms with van der Waals surface area (Å²) in [5.74, 6) is 0.430. The van der Waals surface area contributed by atoms with Crippen molar-refractivity contribution in [1.82, 2.24) is 4.98 Å². The predicted molar refractivity (Wildman–Crippen MR) is 83.1 cm³/mol. The second-order valence-electron chi connectivity index (χ2n) is 7.21. The summed E-state index contributed by atoms with van der Waals surface area (Å²) in [7, 11) is 0. The zero-order chi connectivity index (χ0) is 14.8. The zero-order valence-electron chi connectivity index (χ0n) is 12.9. The van der Waals surface area contributed by atoms with Crippen molar-refractivity contribution in [3.8, 4) is 0 Å². The van der Waals surface area contributed by atoms with Crippen molar-refractivity contribution in [2.75, 3.05) is 13.2 Å². The molecule has 0 aromatic carbocycles. The highest BCUT2D eigenvalue weighted by Crippen LogP contribution is 2.42. The molecule has 3 nitrogen and oxygen atoms in total. The van der Waals surface area contributed by atoms with Crippen LogP contribution >= 0.6 is 11.3 Å². The molecule has 114 valence electrons. The SMILES string of the molecule is CC(C)(C)c1csc(CC(CO)(CO)C2CCCC2)n1. The van der Waals surface area contributed by atoms with E-state index in [0.717, 1.165) is 23.5 Å². The molecule has 1 aromatic rings. The van der Waals surface area contributed by atoms with E-state index in [2.05, 4.69) is 26.2 Å². The fourth-order valence-electron chi connectivity index (χ4n) is 3.14. The van der Waals surface area contributed by atoms with Gasteiger partial charge < -0.3 is 10.2 Å². The summed E-state index contributed by atoms with van der Waals surface area (Å²) in [6.45, 7) is 6.59. The van der Waals surface area contributed by atoms with E-state index in [-0.39, 0.29) is 24.0 Å². The van der Waals surface area contributed by atoms with Gasteiger partial charge in [0.2, 0.25) is 0 Å². The van der Waals surface area contributed by atoms with Gasteiger partial charge in [0.15, 0.2) is 0 Å². The first-order valence-electron chi connectivity index (χ1n) is 7.58. The topological polar surface area (TPSA) is 53.4 Å². The fraction of sp³-hybridized carbons (Fsp3) is 0.812. The molecule has 1 fully saturated rings. The molecule has 2 rings (SSSR count). The highest BCUT2D eigenvalue weighted by Gasteiger charge is 2.40. The molecule has 1 aliphatic carbocycles. The third-order valence-corrected chi connectivity index (χ3v) is 5.52. The lowest BCUT2D eigenvalue weighted by Gasteiger charge is -2.35. The largest absolute Gasteiger partial charge is 0.396 e. The van der Waals surface area contributed by atoms with Crippen molar-refractivity contribution in [2.24, 2.45) is 11.3 Å². The number of aliphatic hydroxyl groups is 2. The van der Waals surface area contributed by atoms with Gasteiger partial charge in [-0.1, -0.05) is 33.6 Å². The van der Waals surface area contributed by atoms with Gasteiger partial charge in [0.1, 0.15) is 0 Å². The van der Waals surface area contributed by atoms with Crippen LogP contribution in [0.5, 0.6) is 0 Å². The highest BCUT2D eigenvalue weighted by molar-refractivity contribution is 7.09. The number of hydrogen-bond acceptors (Lipinski definition) is 4. The summed E-state index contributed by atoms with van der Waals surface area (Å²) in [6, 6.07) is 0. The van der Waals surface area contributed by atoms with Crippen molar-refractivity contribution in [1.29, 1.82) is 0 Å². The molecular formula is C16H27NO2S. The van der Waals surface area contributed by atoms with Crippen LogP contribution < -0.4 is 0 Å². The summed E-state index contributed by atoms with van der Waals surface area (Å²) < 4.78 is 0. The van der Waals surface area contributed by atoms with Gasteiger partial charge in [0.05, 0.1) is 23.9 Å². The third-order valence-electron chi connectivity index (χ3n) is 4.67. The number of hydrogen-bond donors (Lipinski definition) is 2. The first-order valence-corrected chi connectivity index (χ1v) is 8.46. The first kappa shape index (κ1) is 15.9. The molecule has 1 aromatic heterocycles. The molecular weight excluding hydrogens is 270 g/mol. The number of aromatic nitrogens is 1. The van der Waals surface area contributed by atoms with Crippen molar-refractivity contribution >= 4 is 11.3 Å². The molecule has 1 aliphatic rings. The van der Waals surface area contributed by atoms with Crippen molar-refractivity contribution < 1.29 is 10.2 Å². The summed E-state index contributed by atoms with van der Waals surface area (Å²) >= 11 is 1.66. The minimum Gasteiger partial charge on any atom is -0.396 e. The first-order chi connectivity index (χ1) is 9.41. The van der Waals surface area contributed by atoms with Crippen LogP contribution in [0.1, 0.15) is 57.2 Å². The molecule has 1 heterocycles. The lowest BCUT2D eigenvalue weighted by molar-refractivity contribution is 0.00563. The fourth-order valence-corrected chi connectivity index (χ4v) is 4.32. The molecule has 0 amide bonds. The quantitative estimate of drug-likeness (QED) is 0.878. The van der Waals surface area contributed by atoms with E-state index in [4.69, 9.17) is 4.98 Å². The lowest BCUT2D eigenvalue weighted by Crippen LogP contribution is -2.39. The maximum Gasteiger partial charge on any atom is 0.0935 e. The maximum atomic E-state index is 9.88. The second kappa shape index (κ2) is 6.12. The minimum absolute atomic E-state index is 0.0542. The van der Waals surface area contributed by atoms with E-state index in [9.17, 15) is 10.2 Å². The Hall–Kier alpha value is -0.450. The number of rotatable bonds is 5. The van der Waals surface area contributed by atoms with Gasteiger partial charge in [-0.25, -0.2) is 4.98 Å². The smallest absolute Gasteiger partial charge is 0.0935 e. The summed E-state index contributed by atoms with van der Waals surface area (Å²) in [5, 5.41) is 22.9. The predicted octanol–water partition coefficient (Wildman–Crippen LogP) is 3.14.